The highest BCUT2D eigenvalue weighted by Gasteiger charge is 1.99. The number of aromatic nitrogens is 4. The third kappa shape index (κ3) is 3.34. The lowest BCUT2D eigenvalue weighted by atomic mass is 10.2. The Bertz CT molecular complexity index is 471. The van der Waals surface area contributed by atoms with Crippen LogP contribution in [0.2, 0.25) is 0 Å². The molecule has 0 aromatic carbocycles. The molecule has 2 aromatic heterocycles. The van der Waals surface area contributed by atoms with Crippen LogP contribution in [0.4, 0.5) is 5.82 Å². The number of unbranched alkanes of at least 4 members (excludes halogenated alkanes) is 3. The minimum absolute atomic E-state index is 0.726. The van der Waals surface area contributed by atoms with E-state index in [2.05, 4.69) is 32.4 Å². The molecule has 2 heterocycles. The van der Waals surface area contributed by atoms with E-state index in [1.54, 1.807) is 6.20 Å². The molecule has 0 saturated carbocycles. The average molecular weight is 231 g/mol. The molecular formula is C12H17N5. The predicted molar refractivity (Wildman–Crippen MR) is 67.8 cm³/mol. The Hall–Kier alpha value is -1.78. The highest BCUT2D eigenvalue weighted by atomic mass is 15.2. The molecular weight excluding hydrogens is 214 g/mol. The molecule has 5 nitrogen and oxygen atoms in total. The van der Waals surface area contributed by atoms with Crippen molar-refractivity contribution in [3.63, 3.8) is 0 Å². The maximum absolute atomic E-state index is 4.15. The maximum Gasteiger partial charge on any atom is 0.150 e. The van der Waals surface area contributed by atoms with Crippen LogP contribution in [-0.2, 0) is 0 Å². The van der Waals surface area contributed by atoms with Crippen LogP contribution < -0.4 is 5.32 Å². The Balaban J connectivity index is 1.90. The molecule has 5 heteroatoms. The minimum atomic E-state index is 0.726. The van der Waals surface area contributed by atoms with Crippen LogP contribution in [0.15, 0.2) is 18.6 Å². The van der Waals surface area contributed by atoms with Crippen molar-refractivity contribution in [3.8, 4) is 0 Å². The largest absolute Gasteiger partial charge is 0.369 e. The van der Waals surface area contributed by atoms with Crippen molar-refractivity contribution in [2.45, 2.75) is 32.6 Å². The van der Waals surface area contributed by atoms with Gasteiger partial charge >= 0.3 is 0 Å². The SMILES string of the molecule is CCCCCCNc1cc2ncncc2nn1. The zero-order valence-corrected chi connectivity index (χ0v) is 10.1. The molecule has 0 saturated heterocycles. The van der Waals surface area contributed by atoms with Gasteiger partial charge in [-0.25, -0.2) is 9.97 Å². The van der Waals surface area contributed by atoms with Gasteiger partial charge in [0.25, 0.3) is 0 Å². The second-order valence-corrected chi connectivity index (χ2v) is 4.01. The number of hydrogen-bond acceptors (Lipinski definition) is 5. The Labute approximate surface area is 101 Å². The summed E-state index contributed by atoms with van der Waals surface area (Å²) in [6, 6.07) is 1.91. The van der Waals surface area contributed by atoms with Gasteiger partial charge in [0.2, 0.25) is 0 Å². The van der Waals surface area contributed by atoms with Crippen molar-refractivity contribution in [3.05, 3.63) is 18.6 Å². The average Bonchev–Trinajstić information content (AvgIpc) is 2.38. The second-order valence-electron chi connectivity index (χ2n) is 4.01. The molecule has 2 aromatic rings. The Morgan fingerprint density at radius 1 is 1.12 bits per heavy atom. The number of hydrogen-bond donors (Lipinski definition) is 1. The maximum atomic E-state index is 4.15. The lowest BCUT2D eigenvalue weighted by Crippen LogP contribution is -2.04. The fraction of sp³-hybridized carbons (Fsp3) is 0.500. The summed E-state index contributed by atoms with van der Waals surface area (Å²) in [5, 5.41) is 11.4. The lowest BCUT2D eigenvalue weighted by Gasteiger charge is -2.04. The van der Waals surface area contributed by atoms with E-state index in [4.69, 9.17) is 0 Å². The van der Waals surface area contributed by atoms with E-state index in [-0.39, 0.29) is 0 Å². The van der Waals surface area contributed by atoms with Gasteiger partial charge in [-0.3, -0.25) is 0 Å². The third-order valence-corrected chi connectivity index (χ3v) is 2.60. The highest BCUT2D eigenvalue weighted by Crippen LogP contribution is 2.10. The number of rotatable bonds is 6. The van der Waals surface area contributed by atoms with Gasteiger partial charge in [-0.1, -0.05) is 26.2 Å². The molecule has 0 aliphatic carbocycles. The lowest BCUT2D eigenvalue weighted by molar-refractivity contribution is 0.684. The summed E-state index contributed by atoms with van der Waals surface area (Å²) >= 11 is 0. The van der Waals surface area contributed by atoms with E-state index < -0.39 is 0 Å². The number of fused-ring (bicyclic) bond motifs is 1. The molecule has 0 unspecified atom stereocenters. The summed E-state index contributed by atoms with van der Waals surface area (Å²) in [5.41, 5.74) is 1.55. The minimum Gasteiger partial charge on any atom is -0.369 e. The van der Waals surface area contributed by atoms with Gasteiger partial charge in [0.05, 0.1) is 11.7 Å². The molecule has 0 bridgehead atoms. The molecule has 0 aliphatic heterocycles. The zero-order chi connectivity index (χ0) is 11.9. The predicted octanol–water partition coefficient (Wildman–Crippen LogP) is 2.41. The third-order valence-electron chi connectivity index (χ3n) is 2.60. The summed E-state index contributed by atoms with van der Waals surface area (Å²) < 4.78 is 0. The number of nitrogens with one attached hydrogen (secondary N) is 1. The first-order chi connectivity index (χ1) is 8.40. The first-order valence-corrected chi connectivity index (χ1v) is 6.07. The molecule has 0 spiro atoms. The Morgan fingerprint density at radius 3 is 2.94 bits per heavy atom. The standard InChI is InChI=1S/C12H17N5/c1-2-3-4-5-6-14-12-7-10-11(16-17-12)8-13-9-15-10/h7-9H,2-6H2,1H3,(H,14,17). The van der Waals surface area contributed by atoms with Crippen molar-refractivity contribution in [1.29, 1.82) is 0 Å². The van der Waals surface area contributed by atoms with E-state index >= 15 is 0 Å². The van der Waals surface area contributed by atoms with Gasteiger partial charge in [-0.2, -0.15) is 0 Å². The van der Waals surface area contributed by atoms with Gasteiger partial charge in [0.15, 0.2) is 5.82 Å². The van der Waals surface area contributed by atoms with E-state index in [9.17, 15) is 0 Å². The monoisotopic (exact) mass is 231 g/mol. The van der Waals surface area contributed by atoms with Crippen LogP contribution in [-0.4, -0.2) is 26.7 Å². The van der Waals surface area contributed by atoms with E-state index in [0.29, 0.717) is 0 Å². The smallest absolute Gasteiger partial charge is 0.150 e. The molecule has 17 heavy (non-hydrogen) atoms. The molecule has 0 radical (unpaired) electrons. The van der Waals surface area contributed by atoms with E-state index in [1.165, 1.54) is 25.6 Å². The molecule has 2 rings (SSSR count). The van der Waals surface area contributed by atoms with Gasteiger partial charge in [0.1, 0.15) is 11.8 Å². The van der Waals surface area contributed by atoms with Crippen molar-refractivity contribution in [1.82, 2.24) is 20.2 Å². The van der Waals surface area contributed by atoms with Gasteiger partial charge < -0.3 is 5.32 Å². The van der Waals surface area contributed by atoms with Crippen molar-refractivity contribution in [2.75, 3.05) is 11.9 Å². The van der Waals surface area contributed by atoms with E-state index in [0.717, 1.165) is 29.8 Å². The summed E-state index contributed by atoms with van der Waals surface area (Å²) in [7, 11) is 0. The molecule has 0 fully saturated rings. The van der Waals surface area contributed by atoms with Gasteiger partial charge in [-0.05, 0) is 6.42 Å². The summed E-state index contributed by atoms with van der Waals surface area (Å²) in [6.07, 6.45) is 8.16. The summed E-state index contributed by atoms with van der Waals surface area (Å²) in [5.74, 6) is 0.785. The second kappa shape index (κ2) is 6.08. The van der Waals surface area contributed by atoms with Crippen molar-refractivity contribution in [2.24, 2.45) is 0 Å². The number of anilines is 1. The Kier molecular flexibility index (Phi) is 4.18. The first kappa shape index (κ1) is 11.7. The quantitative estimate of drug-likeness (QED) is 0.773. The van der Waals surface area contributed by atoms with Crippen LogP contribution in [0.25, 0.3) is 11.0 Å². The summed E-state index contributed by atoms with van der Waals surface area (Å²) in [4.78, 5) is 8.05. The van der Waals surface area contributed by atoms with Crippen LogP contribution in [0.5, 0.6) is 0 Å². The van der Waals surface area contributed by atoms with Gasteiger partial charge in [0, 0.05) is 12.6 Å². The fourth-order valence-corrected chi connectivity index (χ4v) is 1.64. The molecule has 0 atom stereocenters. The first-order valence-electron chi connectivity index (χ1n) is 6.07. The topological polar surface area (TPSA) is 63.6 Å². The van der Waals surface area contributed by atoms with Crippen LogP contribution >= 0.6 is 0 Å². The summed E-state index contributed by atoms with van der Waals surface area (Å²) in [6.45, 7) is 3.15. The molecule has 0 amide bonds. The molecule has 0 aliphatic rings. The van der Waals surface area contributed by atoms with Crippen LogP contribution in [0.1, 0.15) is 32.6 Å². The molecule has 1 N–H and O–H groups in total. The van der Waals surface area contributed by atoms with Crippen LogP contribution in [0.3, 0.4) is 0 Å². The normalized spacial score (nSPS) is 10.6. The number of nitrogens with zero attached hydrogens (tertiary/aromatic N) is 4. The van der Waals surface area contributed by atoms with Gasteiger partial charge in [-0.15, -0.1) is 10.2 Å². The Morgan fingerprint density at radius 2 is 2.06 bits per heavy atom. The highest BCUT2D eigenvalue weighted by molar-refractivity contribution is 5.74. The van der Waals surface area contributed by atoms with Crippen LogP contribution in [0, 0.1) is 0 Å². The fourth-order valence-electron chi connectivity index (χ4n) is 1.64. The van der Waals surface area contributed by atoms with Crippen molar-refractivity contribution >= 4 is 16.9 Å². The molecule has 90 valence electrons. The van der Waals surface area contributed by atoms with E-state index in [1.807, 2.05) is 6.07 Å². The van der Waals surface area contributed by atoms with Crippen molar-refractivity contribution < 1.29 is 0 Å². The zero-order valence-electron chi connectivity index (χ0n) is 10.1.